The van der Waals surface area contributed by atoms with E-state index in [1.165, 1.54) is 15.8 Å². The minimum absolute atomic E-state index is 0.931. The van der Waals surface area contributed by atoms with Gasteiger partial charge in [-0.2, -0.15) is 0 Å². The summed E-state index contributed by atoms with van der Waals surface area (Å²) in [5, 5.41) is 4.30. The minimum Gasteiger partial charge on any atom is -0.331 e. The Hall–Kier alpha value is -1.39. The van der Waals surface area contributed by atoms with Crippen molar-refractivity contribution in [2.24, 2.45) is 0 Å². The summed E-state index contributed by atoms with van der Waals surface area (Å²) in [5.74, 6) is 0. The molecule has 1 N–H and O–H groups in total. The summed E-state index contributed by atoms with van der Waals surface area (Å²) in [7, 11) is 0. The van der Waals surface area contributed by atoms with Crippen molar-refractivity contribution in [3.63, 3.8) is 0 Å². The smallest absolute Gasteiger partial charge is 0.188 e. The Morgan fingerprint density at radius 3 is 2.68 bits per heavy atom. The summed E-state index contributed by atoms with van der Waals surface area (Å²) in [6, 6.07) is 12.5. The van der Waals surface area contributed by atoms with Gasteiger partial charge in [0.1, 0.15) is 0 Å². The van der Waals surface area contributed by atoms with Crippen LogP contribution in [0.5, 0.6) is 0 Å². The molecule has 0 fully saturated rings. The molecule has 0 atom stereocenters. The van der Waals surface area contributed by atoms with Crippen LogP contribution < -0.4 is 5.32 Å². The zero-order valence-electron chi connectivity index (χ0n) is 10.7. The largest absolute Gasteiger partial charge is 0.331 e. The van der Waals surface area contributed by atoms with Crippen LogP contribution in [0.2, 0.25) is 0 Å². The van der Waals surface area contributed by atoms with Crippen molar-refractivity contribution in [3.05, 3.63) is 52.0 Å². The van der Waals surface area contributed by atoms with Crippen LogP contribution >= 0.6 is 27.3 Å². The molecule has 3 rings (SSSR count). The Morgan fingerprint density at radius 2 is 1.95 bits per heavy atom. The summed E-state index contributed by atoms with van der Waals surface area (Å²) in [6.45, 7) is 4.17. The molecule has 19 heavy (non-hydrogen) atoms. The summed E-state index contributed by atoms with van der Waals surface area (Å²) in [5.41, 5.74) is 4.58. The molecule has 1 heterocycles. The molecule has 0 radical (unpaired) electrons. The highest BCUT2D eigenvalue weighted by Gasteiger charge is 2.06. The number of rotatable bonds is 2. The second-order valence-corrected chi connectivity index (χ2v) is 6.41. The number of hydrogen-bond acceptors (Lipinski definition) is 3. The van der Waals surface area contributed by atoms with Gasteiger partial charge in [0.25, 0.3) is 0 Å². The van der Waals surface area contributed by atoms with Gasteiger partial charge in [-0.15, -0.1) is 0 Å². The molecule has 3 aromatic rings. The highest BCUT2D eigenvalue weighted by Crippen LogP contribution is 2.31. The Morgan fingerprint density at radius 1 is 1.11 bits per heavy atom. The van der Waals surface area contributed by atoms with E-state index in [1.54, 1.807) is 11.3 Å². The maximum Gasteiger partial charge on any atom is 0.188 e. The van der Waals surface area contributed by atoms with Crippen LogP contribution in [0, 0.1) is 13.8 Å². The van der Waals surface area contributed by atoms with Crippen molar-refractivity contribution < 1.29 is 0 Å². The second kappa shape index (κ2) is 4.94. The van der Waals surface area contributed by atoms with Crippen LogP contribution in [0.4, 0.5) is 10.8 Å². The zero-order chi connectivity index (χ0) is 13.4. The van der Waals surface area contributed by atoms with Gasteiger partial charge in [-0.25, -0.2) is 4.98 Å². The van der Waals surface area contributed by atoms with Gasteiger partial charge in [0.15, 0.2) is 5.13 Å². The zero-order valence-corrected chi connectivity index (χ0v) is 13.1. The molecule has 0 spiro atoms. The van der Waals surface area contributed by atoms with Gasteiger partial charge in [0, 0.05) is 10.2 Å². The van der Waals surface area contributed by atoms with E-state index < -0.39 is 0 Å². The average molecular weight is 333 g/mol. The van der Waals surface area contributed by atoms with Crippen molar-refractivity contribution >= 4 is 48.3 Å². The van der Waals surface area contributed by atoms with E-state index in [0.29, 0.717) is 0 Å². The predicted molar refractivity (Wildman–Crippen MR) is 86.5 cm³/mol. The number of nitrogens with zero attached hydrogens (tertiary/aromatic N) is 1. The third-order valence-electron chi connectivity index (χ3n) is 3.04. The number of benzene rings is 2. The van der Waals surface area contributed by atoms with Gasteiger partial charge >= 0.3 is 0 Å². The number of fused-ring (bicyclic) bond motifs is 1. The average Bonchev–Trinajstić information content (AvgIpc) is 2.78. The summed E-state index contributed by atoms with van der Waals surface area (Å²) in [4.78, 5) is 4.65. The Labute approximate surface area is 124 Å². The van der Waals surface area contributed by atoms with Crippen molar-refractivity contribution in [1.29, 1.82) is 0 Å². The normalized spacial score (nSPS) is 10.9. The summed E-state index contributed by atoms with van der Waals surface area (Å²) in [6.07, 6.45) is 0. The fourth-order valence-corrected chi connectivity index (χ4v) is 3.28. The summed E-state index contributed by atoms with van der Waals surface area (Å²) >= 11 is 5.23. The highest BCUT2D eigenvalue weighted by molar-refractivity contribution is 9.10. The molecule has 0 aliphatic rings. The summed E-state index contributed by atoms with van der Waals surface area (Å²) < 4.78 is 2.32. The molecule has 0 aliphatic carbocycles. The van der Waals surface area contributed by atoms with E-state index in [4.69, 9.17) is 0 Å². The molecular weight excluding hydrogens is 320 g/mol. The molecule has 1 aromatic heterocycles. The minimum atomic E-state index is 0.931. The van der Waals surface area contributed by atoms with Crippen molar-refractivity contribution in [3.8, 4) is 0 Å². The molecule has 2 nitrogen and oxygen atoms in total. The van der Waals surface area contributed by atoms with E-state index in [0.717, 1.165) is 20.8 Å². The maximum atomic E-state index is 4.65. The number of para-hydroxylation sites is 1. The lowest BCUT2D eigenvalue weighted by Gasteiger charge is -2.04. The monoisotopic (exact) mass is 332 g/mol. The van der Waals surface area contributed by atoms with Gasteiger partial charge in [0.2, 0.25) is 0 Å². The van der Waals surface area contributed by atoms with Crippen LogP contribution in [-0.2, 0) is 0 Å². The Balaban J connectivity index is 1.96. The van der Waals surface area contributed by atoms with E-state index in [-0.39, 0.29) is 0 Å². The lowest BCUT2D eigenvalue weighted by atomic mass is 10.2. The lowest BCUT2D eigenvalue weighted by Crippen LogP contribution is -1.89. The molecule has 2 aromatic carbocycles. The molecule has 0 unspecified atom stereocenters. The van der Waals surface area contributed by atoms with Gasteiger partial charge in [-0.1, -0.05) is 45.5 Å². The first kappa shape index (κ1) is 12.6. The fraction of sp³-hybridized carbons (Fsp3) is 0.133. The first-order valence-corrected chi connectivity index (χ1v) is 7.64. The topological polar surface area (TPSA) is 24.9 Å². The predicted octanol–water partition coefficient (Wildman–Crippen LogP) is 5.42. The van der Waals surface area contributed by atoms with E-state index in [2.05, 4.69) is 76.5 Å². The molecular formula is C15H13BrN2S. The first-order valence-electron chi connectivity index (χ1n) is 6.03. The van der Waals surface area contributed by atoms with Gasteiger partial charge in [0.05, 0.1) is 10.2 Å². The number of halogens is 1. The lowest BCUT2D eigenvalue weighted by molar-refractivity contribution is 1.38. The number of anilines is 2. The van der Waals surface area contributed by atoms with E-state index in [9.17, 15) is 0 Å². The Bertz CT molecular complexity index is 749. The number of aromatic nitrogens is 1. The third kappa shape index (κ3) is 2.51. The van der Waals surface area contributed by atoms with Crippen LogP contribution in [0.15, 0.2) is 40.9 Å². The maximum absolute atomic E-state index is 4.65. The molecule has 0 saturated carbocycles. The van der Waals surface area contributed by atoms with Crippen molar-refractivity contribution in [2.75, 3.05) is 5.32 Å². The number of nitrogens with one attached hydrogen (secondary N) is 1. The van der Waals surface area contributed by atoms with Gasteiger partial charge < -0.3 is 5.32 Å². The van der Waals surface area contributed by atoms with E-state index >= 15 is 0 Å². The van der Waals surface area contributed by atoms with Crippen LogP contribution in [0.25, 0.3) is 10.2 Å². The molecule has 0 aliphatic heterocycles. The molecule has 0 saturated heterocycles. The molecule has 0 amide bonds. The number of thiazole rings is 1. The molecule has 4 heteroatoms. The van der Waals surface area contributed by atoms with Crippen LogP contribution in [0.3, 0.4) is 0 Å². The SMILES string of the molecule is Cc1ccc(Nc2nc3c(C)cccc3s2)cc1Br. The second-order valence-electron chi connectivity index (χ2n) is 4.53. The standard InChI is InChI=1S/C15H13BrN2S/c1-9-6-7-11(8-12(9)16)17-15-18-14-10(2)4-3-5-13(14)19-15/h3-8H,1-2H3,(H,17,18). The van der Waals surface area contributed by atoms with Gasteiger partial charge in [-0.3, -0.25) is 0 Å². The Kier molecular flexibility index (Phi) is 3.29. The quantitative estimate of drug-likeness (QED) is 0.677. The van der Waals surface area contributed by atoms with Gasteiger partial charge in [-0.05, 0) is 43.2 Å². The first-order chi connectivity index (χ1) is 9.13. The van der Waals surface area contributed by atoms with E-state index in [1.807, 2.05) is 0 Å². The van der Waals surface area contributed by atoms with Crippen LogP contribution in [0.1, 0.15) is 11.1 Å². The molecule has 0 bridgehead atoms. The highest BCUT2D eigenvalue weighted by atomic mass is 79.9. The van der Waals surface area contributed by atoms with Crippen molar-refractivity contribution in [2.45, 2.75) is 13.8 Å². The fourth-order valence-electron chi connectivity index (χ4n) is 1.93. The van der Waals surface area contributed by atoms with Crippen molar-refractivity contribution in [1.82, 2.24) is 4.98 Å². The third-order valence-corrected chi connectivity index (χ3v) is 4.83. The number of aryl methyl sites for hydroxylation is 2. The van der Waals surface area contributed by atoms with Crippen LogP contribution in [-0.4, -0.2) is 4.98 Å². The number of hydrogen-bond donors (Lipinski definition) is 1. The molecule has 96 valence electrons.